The molecule has 312 valence electrons. The van der Waals surface area contributed by atoms with Crippen molar-refractivity contribution in [3.63, 3.8) is 0 Å². The van der Waals surface area contributed by atoms with E-state index in [4.69, 9.17) is 0 Å². The van der Waals surface area contributed by atoms with Gasteiger partial charge in [0, 0.05) is 12.8 Å². The Morgan fingerprint density at radius 1 is 0.415 bits per heavy atom. The average Bonchev–Trinajstić information content (AvgIpc) is 3.15. The van der Waals surface area contributed by atoms with Crippen LogP contribution < -0.4 is 21.3 Å². The van der Waals surface area contributed by atoms with Crippen LogP contribution in [0, 0.1) is 5.92 Å². The highest BCUT2D eigenvalue weighted by Crippen LogP contribution is 2.26. The quantitative estimate of drug-likeness (QED) is 0.0216. The van der Waals surface area contributed by atoms with Crippen LogP contribution in [0.1, 0.15) is 221 Å². The van der Waals surface area contributed by atoms with Gasteiger partial charge in [-0.1, -0.05) is 169 Å². The Hall–Kier alpha value is -1.34. The minimum Gasteiger partial charge on any atom is -0.299 e. The van der Waals surface area contributed by atoms with Crippen LogP contribution in [0.25, 0.3) is 0 Å². The molecule has 0 rings (SSSR count). The number of hydrogen-bond donors (Lipinski definition) is 4. The first-order chi connectivity index (χ1) is 26.0. The molecule has 4 N–H and O–H groups in total. The molecule has 0 aromatic heterocycles. The van der Waals surface area contributed by atoms with Gasteiger partial charge in [-0.05, 0) is 90.4 Å². The largest absolute Gasteiger partial charge is 0.299 e. The number of allylic oxidation sites excluding steroid dienone is 4. The van der Waals surface area contributed by atoms with Gasteiger partial charge in [-0.15, -0.1) is 0 Å². The van der Waals surface area contributed by atoms with Gasteiger partial charge in [0.15, 0.2) is 0 Å². The summed E-state index contributed by atoms with van der Waals surface area (Å²) in [5.74, 6) is -0.565. The monoisotopic (exact) mass is 745 g/mol. The average molecular weight is 745 g/mol. The molecule has 0 aliphatic rings. The lowest BCUT2D eigenvalue weighted by atomic mass is 9.78. The van der Waals surface area contributed by atoms with Crippen LogP contribution in [0.5, 0.6) is 0 Å². The third-order valence-corrected chi connectivity index (χ3v) is 10.7. The van der Waals surface area contributed by atoms with E-state index in [1.54, 1.807) is 0 Å². The van der Waals surface area contributed by atoms with Gasteiger partial charge in [0.2, 0.25) is 0 Å². The Morgan fingerprint density at radius 2 is 0.717 bits per heavy atom. The first kappa shape index (κ1) is 51.7. The standard InChI is InChI=1S/C47H92N4O2/c1-7-13-15-17-19-21-23-25-27-29-31-33-35-37-39-41-43(52)45(47(50-11-5,51-12-6)46(48-9-3)49-10-4)44(53)42-40-38-36-34-32-30-28-26-24-22-20-18-16-14-8-2/h25-28,45-46,48-51H,7-24,29-42H2,1-6H3/b27-25-,28-26-. The molecule has 0 radical (unpaired) electrons. The van der Waals surface area contributed by atoms with Crippen molar-refractivity contribution in [2.45, 2.75) is 233 Å². The highest BCUT2D eigenvalue weighted by atomic mass is 16.2. The summed E-state index contributed by atoms with van der Waals surface area (Å²) in [6.45, 7) is 15.7. The van der Waals surface area contributed by atoms with E-state index in [0.29, 0.717) is 25.9 Å². The van der Waals surface area contributed by atoms with Crippen molar-refractivity contribution < 1.29 is 9.59 Å². The van der Waals surface area contributed by atoms with Gasteiger partial charge >= 0.3 is 0 Å². The number of Topliss-reactive ketones (excluding diaryl/α,β-unsaturated/α-hetero) is 2. The highest BCUT2D eigenvalue weighted by molar-refractivity contribution is 6.04. The summed E-state index contributed by atoms with van der Waals surface area (Å²) in [7, 11) is 0. The third kappa shape index (κ3) is 27.0. The van der Waals surface area contributed by atoms with Gasteiger partial charge in [0.05, 0.1) is 6.17 Å². The zero-order valence-corrected chi connectivity index (χ0v) is 36.4. The molecule has 53 heavy (non-hydrogen) atoms. The van der Waals surface area contributed by atoms with E-state index in [-0.39, 0.29) is 17.7 Å². The lowest BCUT2D eigenvalue weighted by Crippen LogP contribution is -2.77. The van der Waals surface area contributed by atoms with Gasteiger partial charge in [0.25, 0.3) is 0 Å². The van der Waals surface area contributed by atoms with E-state index in [1.165, 1.54) is 116 Å². The van der Waals surface area contributed by atoms with Crippen LogP contribution in [-0.4, -0.2) is 49.6 Å². The zero-order valence-electron chi connectivity index (χ0n) is 36.4. The van der Waals surface area contributed by atoms with E-state index in [2.05, 4.69) is 87.1 Å². The maximum absolute atomic E-state index is 14.2. The minimum absolute atomic E-state index is 0.0862. The summed E-state index contributed by atoms with van der Waals surface area (Å²) in [4.78, 5) is 28.4. The zero-order chi connectivity index (χ0) is 39.1. The van der Waals surface area contributed by atoms with E-state index >= 15 is 0 Å². The third-order valence-electron chi connectivity index (χ3n) is 10.7. The van der Waals surface area contributed by atoms with Gasteiger partial charge in [-0.2, -0.15) is 0 Å². The molecule has 0 aromatic carbocycles. The molecule has 0 aromatic rings. The van der Waals surface area contributed by atoms with Crippen LogP contribution in [-0.2, 0) is 9.59 Å². The maximum atomic E-state index is 14.2. The van der Waals surface area contributed by atoms with Crippen LogP contribution in [0.3, 0.4) is 0 Å². The molecule has 0 bridgehead atoms. The minimum atomic E-state index is -0.882. The molecule has 0 atom stereocenters. The Kier molecular flexibility index (Phi) is 37.9. The Bertz CT molecular complexity index is 809. The van der Waals surface area contributed by atoms with E-state index in [1.807, 2.05) is 0 Å². The number of unbranched alkanes of at least 4 members (excludes halogenated alkanes) is 22. The Labute approximate surface area is 331 Å². The molecular weight excluding hydrogens is 653 g/mol. The lowest BCUT2D eigenvalue weighted by Gasteiger charge is -2.47. The summed E-state index contributed by atoms with van der Waals surface area (Å²) in [5.41, 5.74) is -0.882. The SMILES string of the molecule is CCCCCCCC/C=C\CCCCCCCC(=O)C(C(=O)CCCCCCC/C=C\CCCCCCCC)C(NCC)(NCC)C(NCC)NCC. The molecule has 0 spiro atoms. The van der Waals surface area contributed by atoms with Crippen molar-refractivity contribution in [3.8, 4) is 0 Å². The number of nitrogens with one attached hydrogen (secondary N) is 4. The van der Waals surface area contributed by atoms with Crippen molar-refractivity contribution >= 4 is 11.6 Å². The normalized spacial score (nSPS) is 12.4. The fourth-order valence-corrected chi connectivity index (χ4v) is 7.74. The number of carbonyl (C=O) groups excluding carboxylic acids is 2. The summed E-state index contributed by atoms with van der Waals surface area (Å²) in [6.07, 6.45) is 42.1. The topological polar surface area (TPSA) is 82.3 Å². The second kappa shape index (κ2) is 38.9. The molecule has 0 aliphatic heterocycles. The Balaban J connectivity index is 5.01. The van der Waals surface area contributed by atoms with Crippen molar-refractivity contribution in [1.29, 1.82) is 0 Å². The smallest absolute Gasteiger partial charge is 0.146 e. The molecule has 0 saturated heterocycles. The predicted octanol–water partition coefficient (Wildman–Crippen LogP) is 12.3. The molecule has 6 heteroatoms. The summed E-state index contributed by atoms with van der Waals surface area (Å²) >= 11 is 0. The Morgan fingerprint density at radius 3 is 1.02 bits per heavy atom. The molecular formula is C47H92N4O2. The summed E-state index contributed by atoms with van der Waals surface area (Å²) < 4.78 is 0. The fourth-order valence-electron chi connectivity index (χ4n) is 7.74. The molecule has 0 saturated carbocycles. The summed E-state index contributed by atoms with van der Waals surface area (Å²) in [5, 5.41) is 14.4. The number of ketones is 2. The van der Waals surface area contributed by atoms with Gasteiger partial charge in [-0.3, -0.25) is 30.9 Å². The second-order valence-corrected chi connectivity index (χ2v) is 15.5. The summed E-state index contributed by atoms with van der Waals surface area (Å²) in [6, 6.07) is 0. The highest BCUT2D eigenvalue weighted by Gasteiger charge is 2.50. The molecule has 0 fully saturated rings. The number of hydrogen-bond acceptors (Lipinski definition) is 6. The number of likely N-dealkylation sites (N-methyl/N-ethyl adjacent to an activating group) is 4. The molecule has 6 nitrogen and oxygen atoms in total. The van der Waals surface area contributed by atoms with Crippen LogP contribution in [0.15, 0.2) is 24.3 Å². The lowest BCUT2D eigenvalue weighted by molar-refractivity contribution is -0.139. The number of carbonyl (C=O) groups is 2. The van der Waals surface area contributed by atoms with E-state index in [9.17, 15) is 9.59 Å². The molecule has 0 amide bonds. The van der Waals surface area contributed by atoms with Crippen LogP contribution in [0.4, 0.5) is 0 Å². The van der Waals surface area contributed by atoms with Crippen LogP contribution >= 0.6 is 0 Å². The molecule has 0 aliphatic carbocycles. The van der Waals surface area contributed by atoms with E-state index < -0.39 is 11.6 Å². The molecule has 0 unspecified atom stereocenters. The second-order valence-electron chi connectivity index (χ2n) is 15.5. The van der Waals surface area contributed by atoms with Gasteiger partial charge in [0.1, 0.15) is 23.1 Å². The van der Waals surface area contributed by atoms with Crippen molar-refractivity contribution in [2.24, 2.45) is 5.92 Å². The van der Waals surface area contributed by atoms with Crippen molar-refractivity contribution in [1.82, 2.24) is 21.3 Å². The van der Waals surface area contributed by atoms with Gasteiger partial charge < -0.3 is 0 Å². The van der Waals surface area contributed by atoms with E-state index in [0.717, 1.165) is 64.5 Å². The predicted molar refractivity (Wildman–Crippen MR) is 234 cm³/mol. The number of rotatable bonds is 42. The molecule has 0 heterocycles. The first-order valence-electron chi connectivity index (χ1n) is 23.3. The van der Waals surface area contributed by atoms with Crippen molar-refractivity contribution in [3.05, 3.63) is 24.3 Å². The fraction of sp³-hybridized carbons (Fsp3) is 0.872. The van der Waals surface area contributed by atoms with Crippen molar-refractivity contribution in [2.75, 3.05) is 26.2 Å². The van der Waals surface area contributed by atoms with Crippen LogP contribution in [0.2, 0.25) is 0 Å². The first-order valence-corrected chi connectivity index (χ1v) is 23.3. The maximum Gasteiger partial charge on any atom is 0.146 e. The van der Waals surface area contributed by atoms with Gasteiger partial charge in [-0.25, -0.2) is 0 Å².